The molecule has 4 N–H and O–H groups in total. The lowest BCUT2D eigenvalue weighted by molar-refractivity contribution is 0.254. The maximum atomic E-state index is 11.1. The van der Waals surface area contributed by atoms with Crippen LogP contribution < -0.4 is 15.2 Å². The van der Waals surface area contributed by atoms with Gasteiger partial charge in [-0.05, 0) is 42.9 Å². The Bertz CT molecular complexity index is 572. The summed E-state index contributed by atoms with van der Waals surface area (Å²) in [4.78, 5) is 0. The molecule has 0 spiro atoms. The molecule has 2 rings (SSSR count). The third-order valence-electron chi connectivity index (χ3n) is 4.15. The first-order valence-electron chi connectivity index (χ1n) is 7.52. The van der Waals surface area contributed by atoms with Crippen LogP contribution in [0.1, 0.15) is 39.5 Å². The van der Waals surface area contributed by atoms with E-state index in [0.29, 0.717) is 23.6 Å². The van der Waals surface area contributed by atoms with Gasteiger partial charge in [0.05, 0.1) is 5.69 Å². The number of rotatable bonds is 5. The van der Waals surface area contributed by atoms with Crippen molar-refractivity contribution in [3.63, 3.8) is 0 Å². The van der Waals surface area contributed by atoms with Crippen molar-refractivity contribution >= 4 is 21.6 Å². The van der Waals surface area contributed by atoms with E-state index in [9.17, 15) is 8.42 Å². The summed E-state index contributed by atoms with van der Waals surface area (Å²) in [7, 11) is -3.73. The summed E-state index contributed by atoms with van der Waals surface area (Å²) >= 11 is 0. The lowest BCUT2D eigenvalue weighted by Gasteiger charge is -2.35. The molecule has 0 aliphatic heterocycles. The third kappa shape index (κ3) is 4.89. The molecule has 0 amide bonds. The highest BCUT2D eigenvalue weighted by Crippen LogP contribution is 2.32. The molecule has 118 valence electrons. The minimum atomic E-state index is -3.73. The summed E-state index contributed by atoms with van der Waals surface area (Å²) in [6, 6.07) is 7.71. The fraction of sp³-hybridized carbons (Fsp3) is 0.600. The van der Waals surface area contributed by atoms with E-state index >= 15 is 0 Å². The SMILES string of the molecule is CC(C)C1CCCCC1Nc1cccc(NS(N)(=O)=O)c1. The first-order chi connectivity index (χ1) is 9.85. The second-order valence-corrected chi connectivity index (χ2v) is 7.47. The first kappa shape index (κ1) is 16.1. The molecule has 0 radical (unpaired) electrons. The highest BCUT2D eigenvalue weighted by atomic mass is 32.2. The van der Waals surface area contributed by atoms with Crippen LogP contribution in [-0.4, -0.2) is 14.5 Å². The van der Waals surface area contributed by atoms with Crippen molar-refractivity contribution in [1.29, 1.82) is 0 Å². The third-order valence-corrected chi connectivity index (χ3v) is 4.67. The quantitative estimate of drug-likeness (QED) is 0.781. The lowest BCUT2D eigenvalue weighted by Crippen LogP contribution is -2.35. The van der Waals surface area contributed by atoms with Crippen LogP contribution in [0, 0.1) is 11.8 Å². The molecule has 5 nitrogen and oxygen atoms in total. The van der Waals surface area contributed by atoms with Crippen molar-refractivity contribution in [2.75, 3.05) is 10.0 Å². The zero-order valence-electron chi connectivity index (χ0n) is 12.7. The van der Waals surface area contributed by atoms with Gasteiger partial charge in [-0.2, -0.15) is 8.42 Å². The summed E-state index contributed by atoms with van der Waals surface area (Å²) in [5, 5.41) is 8.57. The van der Waals surface area contributed by atoms with E-state index in [1.165, 1.54) is 19.3 Å². The predicted octanol–water partition coefficient (Wildman–Crippen LogP) is 2.93. The number of anilines is 2. The van der Waals surface area contributed by atoms with Crippen LogP contribution in [0.15, 0.2) is 24.3 Å². The molecule has 2 unspecified atom stereocenters. The lowest BCUT2D eigenvalue weighted by atomic mass is 9.78. The van der Waals surface area contributed by atoms with Gasteiger partial charge in [0.25, 0.3) is 10.2 Å². The minimum absolute atomic E-state index is 0.448. The Morgan fingerprint density at radius 3 is 2.52 bits per heavy atom. The number of nitrogens with one attached hydrogen (secondary N) is 2. The molecule has 0 aromatic heterocycles. The zero-order valence-corrected chi connectivity index (χ0v) is 13.5. The van der Waals surface area contributed by atoms with Gasteiger partial charge in [-0.15, -0.1) is 0 Å². The smallest absolute Gasteiger partial charge is 0.296 e. The maximum Gasteiger partial charge on any atom is 0.296 e. The Balaban J connectivity index is 2.09. The van der Waals surface area contributed by atoms with Crippen LogP contribution in [0.25, 0.3) is 0 Å². The molecule has 1 fully saturated rings. The van der Waals surface area contributed by atoms with Gasteiger partial charge >= 0.3 is 0 Å². The van der Waals surface area contributed by atoms with E-state index in [1.54, 1.807) is 12.1 Å². The molecule has 1 aliphatic carbocycles. The Labute approximate surface area is 127 Å². The first-order valence-corrected chi connectivity index (χ1v) is 9.07. The van der Waals surface area contributed by atoms with Gasteiger partial charge in [-0.3, -0.25) is 4.72 Å². The van der Waals surface area contributed by atoms with Gasteiger partial charge in [0.1, 0.15) is 0 Å². The highest BCUT2D eigenvalue weighted by Gasteiger charge is 2.27. The van der Waals surface area contributed by atoms with Gasteiger partial charge in [0, 0.05) is 11.7 Å². The summed E-state index contributed by atoms with van der Waals surface area (Å²) in [5.74, 6) is 1.31. The van der Waals surface area contributed by atoms with Crippen LogP contribution in [0.5, 0.6) is 0 Å². The second kappa shape index (κ2) is 6.66. The molecular formula is C15H25N3O2S. The standard InChI is InChI=1S/C15H25N3O2S/c1-11(2)14-8-3-4-9-15(14)17-12-6-5-7-13(10-12)18-21(16,19)20/h5-7,10-11,14-15,17-18H,3-4,8-9H2,1-2H3,(H2,16,19,20). The van der Waals surface area contributed by atoms with Gasteiger partial charge in [-0.1, -0.05) is 32.8 Å². The molecule has 0 bridgehead atoms. The average molecular weight is 311 g/mol. The fourth-order valence-corrected chi connectivity index (χ4v) is 3.64. The van der Waals surface area contributed by atoms with Crippen molar-refractivity contribution < 1.29 is 8.42 Å². The van der Waals surface area contributed by atoms with Crippen LogP contribution in [0.4, 0.5) is 11.4 Å². The summed E-state index contributed by atoms with van der Waals surface area (Å²) in [6.45, 7) is 4.54. The van der Waals surface area contributed by atoms with Crippen molar-refractivity contribution in [3.8, 4) is 0 Å². The largest absolute Gasteiger partial charge is 0.382 e. The van der Waals surface area contributed by atoms with Crippen LogP contribution in [-0.2, 0) is 10.2 Å². The molecular weight excluding hydrogens is 286 g/mol. The molecule has 21 heavy (non-hydrogen) atoms. The fourth-order valence-electron chi connectivity index (χ4n) is 3.19. The van der Waals surface area contributed by atoms with Gasteiger partial charge in [0.15, 0.2) is 0 Å². The normalized spacial score (nSPS) is 23.0. The molecule has 2 atom stereocenters. The molecule has 6 heteroatoms. The highest BCUT2D eigenvalue weighted by molar-refractivity contribution is 7.90. The van der Waals surface area contributed by atoms with Gasteiger partial charge in [-0.25, -0.2) is 5.14 Å². The average Bonchev–Trinajstić information content (AvgIpc) is 2.37. The van der Waals surface area contributed by atoms with E-state index in [4.69, 9.17) is 5.14 Å². The second-order valence-electron chi connectivity index (χ2n) is 6.17. The predicted molar refractivity (Wildman–Crippen MR) is 87.4 cm³/mol. The monoisotopic (exact) mass is 311 g/mol. The molecule has 1 aromatic carbocycles. The molecule has 0 saturated heterocycles. The molecule has 0 heterocycles. The summed E-state index contributed by atoms with van der Waals surface area (Å²) in [5.41, 5.74) is 1.42. The van der Waals surface area contributed by atoms with Crippen LogP contribution >= 0.6 is 0 Å². The van der Waals surface area contributed by atoms with Crippen LogP contribution in [0.3, 0.4) is 0 Å². The molecule has 1 aliphatic rings. The molecule has 1 aromatic rings. The van der Waals surface area contributed by atoms with Gasteiger partial charge < -0.3 is 5.32 Å². The van der Waals surface area contributed by atoms with E-state index < -0.39 is 10.2 Å². The van der Waals surface area contributed by atoms with Crippen molar-refractivity contribution in [2.24, 2.45) is 17.0 Å². The van der Waals surface area contributed by atoms with Crippen molar-refractivity contribution in [1.82, 2.24) is 0 Å². The number of hydrogen-bond acceptors (Lipinski definition) is 3. The Morgan fingerprint density at radius 2 is 1.86 bits per heavy atom. The summed E-state index contributed by atoms with van der Waals surface area (Å²) in [6.07, 6.45) is 4.96. The topological polar surface area (TPSA) is 84.2 Å². The van der Waals surface area contributed by atoms with Gasteiger partial charge in [0.2, 0.25) is 0 Å². The van der Waals surface area contributed by atoms with Crippen LogP contribution in [0.2, 0.25) is 0 Å². The number of hydrogen-bond donors (Lipinski definition) is 3. The zero-order chi connectivity index (χ0) is 15.5. The number of nitrogens with two attached hydrogens (primary N) is 1. The Hall–Kier alpha value is -1.27. The number of benzene rings is 1. The van der Waals surface area contributed by atoms with E-state index in [1.807, 2.05) is 12.1 Å². The van der Waals surface area contributed by atoms with Crippen molar-refractivity contribution in [2.45, 2.75) is 45.6 Å². The minimum Gasteiger partial charge on any atom is -0.382 e. The van der Waals surface area contributed by atoms with Crippen molar-refractivity contribution in [3.05, 3.63) is 24.3 Å². The van der Waals surface area contributed by atoms with E-state index in [2.05, 4.69) is 23.9 Å². The maximum absolute atomic E-state index is 11.1. The van der Waals surface area contributed by atoms with E-state index in [-0.39, 0.29) is 0 Å². The Morgan fingerprint density at radius 1 is 1.19 bits per heavy atom. The van der Waals surface area contributed by atoms with E-state index in [0.717, 1.165) is 12.1 Å². The Kier molecular flexibility index (Phi) is 5.11. The molecule has 1 saturated carbocycles. The summed E-state index contributed by atoms with van der Waals surface area (Å²) < 4.78 is 24.5.